The van der Waals surface area contributed by atoms with Gasteiger partial charge in [-0.05, 0) is 41.6 Å². The number of amides is 1. The van der Waals surface area contributed by atoms with E-state index in [0.29, 0.717) is 5.56 Å². The van der Waals surface area contributed by atoms with Crippen molar-refractivity contribution in [3.63, 3.8) is 0 Å². The van der Waals surface area contributed by atoms with Crippen LogP contribution in [-0.4, -0.2) is 34.8 Å². The summed E-state index contributed by atoms with van der Waals surface area (Å²) in [7, 11) is 0. The summed E-state index contributed by atoms with van der Waals surface area (Å²) in [6.07, 6.45) is -0.252. The Balaban J connectivity index is 1.91. The van der Waals surface area contributed by atoms with E-state index in [0.717, 1.165) is 27.4 Å². The Morgan fingerprint density at radius 3 is 2.67 bits per heavy atom. The molecule has 1 fully saturated rings. The van der Waals surface area contributed by atoms with E-state index in [2.05, 4.69) is 0 Å². The summed E-state index contributed by atoms with van der Waals surface area (Å²) in [4.78, 5) is 27.5. The molecule has 5 heteroatoms. The van der Waals surface area contributed by atoms with Gasteiger partial charge in [-0.25, -0.2) is 0 Å². The standard InChI is InChI=1S/C16H13NO3S/c1-9-14-16(19)21-13-7-11-5-3-2-4-10(11)6-12(13)15(18)17(14)8-20-9/h2-7,9,14H,8H2,1H3/t9-,14+/m1/s1. The van der Waals surface area contributed by atoms with E-state index >= 15 is 0 Å². The minimum atomic E-state index is -0.488. The maximum atomic E-state index is 12.7. The molecule has 0 unspecified atom stereocenters. The van der Waals surface area contributed by atoms with E-state index in [4.69, 9.17) is 4.74 Å². The summed E-state index contributed by atoms with van der Waals surface area (Å²) >= 11 is 1.15. The van der Waals surface area contributed by atoms with Crippen molar-refractivity contribution in [2.24, 2.45) is 0 Å². The average molecular weight is 299 g/mol. The minimum Gasteiger partial charge on any atom is -0.355 e. The highest BCUT2D eigenvalue weighted by Gasteiger charge is 2.44. The number of ether oxygens (including phenoxy) is 1. The summed E-state index contributed by atoms with van der Waals surface area (Å²) in [6.45, 7) is 2.02. The van der Waals surface area contributed by atoms with Crippen molar-refractivity contribution in [3.8, 4) is 0 Å². The normalized spacial score (nSPS) is 24.9. The molecule has 106 valence electrons. The zero-order chi connectivity index (χ0) is 14.6. The maximum absolute atomic E-state index is 12.7. The highest BCUT2D eigenvalue weighted by atomic mass is 32.2. The number of carbonyl (C=O) groups excluding carboxylic acids is 2. The number of rotatable bonds is 0. The Hall–Kier alpha value is -1.85. The highest BCUT2D eigenvalue weighted by molar-refractivity contribution is 8.13. The van der Waals surface area contributed by atoms with Crippen molar-refractivity contribution in [2.75, 3.05) is 6.73 Å². The van der Waals surface area contributed by atoms with Crippen LogP contribution in [0.3, 0.4) is 0 Å². The second-order valence-corrected chi connectivity index (χ2v) is 6.38. The Kier molecular flexibility index (Phi) is 2.80. The first-order valence-corrected chi connectivity index (χ1v) is 7.64. The number of thioether (sulfide) groups is 1. The largest absolute Gasteiger partial charge is 0.355 e. The molecular weight excluding hydrogens is 286 g/mol. The van der Waals surface area contributed by atoms with Crippen molar-refractivity contribution in [3.05, 3.63) is 42.0 Å². The molecule has 1 amide bonds. The topological polar surface area (TPSA) is 46.6 Å². The van der Waals surface area contributed by atoms with E-state index in [9.17, 15) is 9.59 Å². The van der Waals surface area contributed by atoms with E-state index in [1.807, 2.05) is 43.3 Å². The van der Waals surface area contributed by atoms with Crippen molar-refractivity contribution in [2.45, 2.75) is 24.0 Å². The van der Waals surface area contributed by atoms with Gasteiger partial charge in [0.05, 0.1) is 11.7 Å². The lowest BCUT2D eigenvalue weighted by molar-refractivity contribution is -0.114. The van der Waals surface area contributed by atoms with Gasteiger partial charge in [-0.15, -0.1) is 0 Å². The monoisotopic (exact) mass is 299 g/mol. The van der Waals surface area contributed by atoms with Crippen molar-refractivity contribution in [1.29, 1.82) is 0 Å². The van der Waals surface area contributed by atoms with Crippen LogP contribution in [-0.2, 0) is 9.53 Å². The van der Waals surface area contributed by atoms with Gasteiger partial charge in [0.1, 0.15) is 12.8 Å². The molecule has 0 N–H and O–H groups in total. The fourth-order valence-corrected chi connectivity index (χ4v) is 4.02. The number of nitrogens with zero attached hydrogens (tertiary/aromatic N) is 1. The van der Waals surface area contributed by atoms with Crippen LogP contribution in [0.25, 0.3) is 10.8 Å². The predicted octanol–water partition coefficient (Wildman–Crippen LogP) is 2.66. The molecule has 4 rings (SSSR count). The quantitative estimate of drug-likeness (QED) is 0.750. The Morgan fingerprint density at radius 2 is 1.90 bits per heavy atom. The molecular formula is C16H13NO3S. The summed E-state index contributed by atoms with van der Waals surface area (Å²) in [6, 6.07) is 11.2. The van der Waals surface area contributed by atoms with E-state index in [1.165, 1.54) is 0 Å². The van der Waals surface area contributed by atoms with Crippen LogP contribution in [0.4, 0.5) is 0 Å². The molecule has 2 atom stereocenters. The lowest BCUT2D eigenvalue weighted by Crippen LogP contribution is -2.41. The lowest BCUT2D eigenvalue weighted by Gasteiger charge is -2.19. The summed E-state index contributed by atoms with van der Waals surface area (Å²) in [5, 5.41) is 2.02. The molecule has 0 saturated carbocycles. The van der Waals surface area contributed by atoms with Gasteiger partial charge in [-0.3, -0.25) is 9.59 Å². The van der Waals surface area contributed by atoms with Gasteiger partial charge in [-0.2, -0.15) is 0 Å². The first kappa shape index (κ1) is 12.9. The number of hydrogen-bond donors (Lipinski definition) is 0. The van der Waals surface area contributed by atoms with E-state index < -0.39 is 6.04 Å². The Bertz CT molecular complexity index is 773. The first-order valence-electron chi connectivity index (χ1n) is 6.82. The summed E-state index contributed by atoms with van der Waals surface area (Å²) in [5.74, 6) is -0.122. The summed E-state index contributed by atoms with van der Waals surface area (Å²) < 4.78 is 5.47. The van der Waals surface area contributed by atoms with Gasteiger partial charge in [0.15, 0.2) is 0 Å². The smallest absolute Gasteiger partial charge is 0.257 e. The molecule has 2 aliphatic rings. The molecule has 2 aliphatic heterocycles. The number of benzene rings is 2. The van der Waals surface area contributed by atoms with Gasteiger partial charge >= 0.3 is 0 Å². The maximum Gasteiger partial charge on any atom is 0.257 e. The molecule has 0 aliphatic carbocycles. The lowest BCUT2D eigenvalue weighted by atomic mass is 10.1. The fourth-order valence-electron chi connectivity index (χ4n) is 2.92. The molecule has 2 aromatic rings. The number of hydrogen-bond acceptors (Lipinski definition) is 4. The molecule has 2 aromatic carbocycles. The second kappa shape index (κ2) is 4.58. The van der Waals surface area contributed by atoms with Gasteiger partial charge < -0.3 is 9.64 Å². The van der Waals surface area contributed by atoms with Gasteiger partial charge in [0.2, 0.25) is 5.12 Å². The molecule has 0 aromatic heterocycles. The van der Waals surface area contributed by atoms with Crippen molar-refractivity contribution >= 4 is 33.6 Å². The molecule has 21 heavy (non-hydrogen) atoms. The Labute approximate surface area is 126 Å². The van der Waals surface area contributed by atoms with Crippen LogP contribution >= 0.6 is 11.8 Å². The predicted molar refractivity (Wildman–Crippen MR) is 80.2 cm³/mol. The third-order valence-corrected chi connectivity index (χ3v) is 5.05. The van der Waals surface area contributed by atoms with Crippen molar-refractivity contribution in [1.82, 2.24) is 4.90 Å². The highest BCUT2D eigenvalue weighted by Crippen LogP contribution is 2.37. The molecule has 1 saturated heterocycles. The van der Waals surface area contributed by atoms with Crippen LogP contribution in [0.5, 0.6) is 0 Å². The number of carbonyl (C=O) groups is 2. The van der Waals surface area contributed by atoms with Crippen molar-refractivity contribution < 1.29 is 14.3 Å². The molecule has 2 heterocycles. The van der Waals surface area contributed by atoms with Crippen LogP contribution in [0.2, 0.25) is 0 Å². The van der Waals surface area contributed by atoms with Crippen LogP contribution in [0, 0.1) is 0 Å². The molecule has 4 nitrogen and oxygen atoms in total. The fraction of sp³-hybridized carbons (Fsp3) is 0.250. The van der Waals surface area contributed by atoms with Gasteiger partial charge in [-0.1, -0.05) is 24.3 Å². The summed E-state index contributed by atoms with van der Waals surface area (Å²) in [5.41, 5.74) is 0.590. The Morgan fingerprint density at radius 1 is 1.19 bits per heavy atom. The zero-order valence-electron chi connectivity index (χ0n) is 11.4. The third-order valence-electron chi connectivity index (χ3n) is 4.05. The molecule has 0 bridgehead atoms. The van der Waals surface area contributed by atoms with E-state index in [-0.39, 0.29) is 23.9 Å². The van der Waals surface area contributed by atoms with Gasteiger partial charge in [0.25, 0.3) is 5.91 Å². The first-order chi connectivity index (χ1) is 10.1. The molecule has 0 radical (unpaired) electrons. The van der Waals surface area contributed by atoms with Crippen LogP contribution in [0.15, 0.2) is 41.3 Å². The van der Waals surface area contributed by atoms with Crippen LogP contribution < -0.4 is 0 Å². The minimum absolute atomic E-state index is 0.0256. The van der Waals surface area contributed by atoms with Crippen LogP contribution in [0.1, 0.15) is 17.3 Å². The van der Waals surface area contributed by atoms with E-state index in [1.54, 1.807) is 4.90 Å². The second-order valence-electron chi connectivity index (χ2n) is 5.34. The molecule has 0 spiro atoms. The number of fused-ring (bicyclic) bond motifs is 3. The zero-order valence-corrected chi connectivity index (χ0v) is 12.2. The SMILES string of the molecule is C[C@H]1OCN2C(=O)c3cc4ccccc4cc3SC(=O)[C@H]12. The average Bonchev–Trinajstić information content (AvgIpc) is 2.83. The van der Waals surface area contributed by atoms with Gasteiger partial charge in [0, 0.05) is 4.90 Å². The third kappa shape index (κ3) is 1.88.